The van der Waals surface area contributed by atoms with Crippen LogP contribution < -0.4 is 5.32 Å². The predicted octanol–water partition coefficient (Wildman–Crippen LogP) is 3.06. The van der Waals surface area contributed by atoms with Gasteiger partial charge in [-0.25, -0.2) is 0 Å². The smallest absolute Gasteiger partial charge is 0.297 e. The van der Waals surface area contributed by atoms with Crippen molar-refractivity contribution in [2.24, 2.45) is 5.41 Å². The molecule has 1 aliphatic rings. The lowest BCUT2D eigenvalue weighted by Crippen LogP contribution is -2.30. The van der Waals surface area contributed by atoms with Crippen LogP contribution in [0.15, 0.2) is 65.1 Å². The molecule has 2 aromatic carbocycles. The minimum absolute atomic E-state index is 0.0940. The molecule has 138 valence electrons. The van der Waals surface area contributed by atoms with Crippen LogP contribution in [0.25, 0.3) is 5.70 Å². The van der Waals surface area contributed by atoms with Gasteiger partial charge >= 0.3 is 0 Å². The van der Waals surface area contributed by atoms with Gasteiger partial charge in [0.25, 0.3) is 10.1 Å². The highest BCUT2D eigenvalue weighted by molar-refractivity contribution is 7.86. The van der Waals surface area contributed by atoms with Crippen molar-refractivity contribution >= 4 is 27.4 Å². The molecule has 1 aliphatic heterocycles. The molecule has 0 aliphatic carbocycles. The fraction of sp³-hybridized carbons (Fsp3) is 0.263. The van der Waals surface area contributed by atoms with Crippen LogP contribution in [0.5, 0.6) is 0 Å². The molecule has 26 heavy (non-hydrogen) atoms. The molecule has 1 unspecified atom stereocenters. The Kier molecular flexibility index (Phi) is 5.39. The van der Waals surface area contributed by atoms with Crippen LogP contribution in [0.2, 0.25) is 5.02 Å². The molecule has 0 radical (unpaired) electrons. The van der Waals surface area contributed by atoms with Gasteiger partial charge < -0.3 is 10.4 Å². The number of benzene rings is 2. The van der Waals surface area contributed by atoms with Crippen LogP contribution >= 0.6 is 11.6 Å². The van der Waals surface area contributed by atoms with Crippen molar-refractivity contribution in [1.29, 1.82) is 0 Å². The average molecular weight is 394 g/mol. The summed E-state index contributed by atoms with van der Waals surface area (Å²) in [7, 11) is -3.90. The summed E-state index contributed by atoms with van der Waals surface area (Å²) in [4.78, 5) is 0.0940. The third-order valence-corrected chi connectivity index (χ3v) is 6.18. The second kappa shape index (κ2) is 7.40. The van der Waals surface area contributed by atoms with Gasteiger partial charge in [-0.1, -0.05) is 54.9 Å². The number of nitrogens with one attached hydrogen (secondary N) is 1. The summed E-state index contributed by atoms with van der Waals surface area (Å²) in [6.45, 7) is 2.02. The number of hydrogen-bond acceptors (Lipinski definition) is 5. The summed E-state index contributed by atoms with van der Waals surface area (Å²) < 4.78 is 30.2. The first-order valence-corrected chi connectivity index (χ1v) is 9.94. The van der Waals surface area contributed by atoms with Gasteiger partial charge in [0.2, 0.25) is 0 Å². The quantitative estimate of drug-likeness (QED) is 0.738. The largest absolute Gasteiger partial charge is 0.395 e. The maximum atomic E-state index is 12.4. The van der Waals surface area contributed by atoms with E-state index >= 15 is 0 Å². The minimum Gasteiger partial charge on any atom is -0.395 e. The molecular weight excluding hydrogens is 374 g/mol. The van der Waals surface area contributed by atoms with Crippen molar-refractivity contribution < 1.29 is 17.7 Å². The van der Waals surface area contributed by atoms with Gasteiger partial charge in [0, 0.05) is 28.2 Å². The van der Waals surface area contributed by atoms with Crippen molar-refractivity contribution in [1.82, 2.24) is 5.32 Å². The molecule has 0 aromatic heterocycles. The van der Waals surface area contributed by atoms with Crippen molar-refractivity contribution in [3.63, 3.8) is 0 Å². The maximum absolute atomic E-state index is 12.4. The number of aliphatic hydroxyl groups excluding tert-OH is 1. The number of hydrogen-bond donors (Lipinski definition) is 2. The lowest BCUT2D eigenvalue weighted by atomic mass is 9.84. The van der Waals surface area contributed by atoms with Crippen LogP contribution in [-0.2, 0) is 14.3 Å². The fourth-order valence-corrected chi connectivity index (χ4v) is 4.04. The maximum Gasteiger partial charge on any atom is 0.297 e. The highest BCUT2D eigenvalue weighted by Gasteiger charge is 2.38. The van der Waals surface area contributed by atoms with Gasteiger partial charge in [0.15, 0.2) is 0 Å². The van der Waals surface area contributed by atoms with E-state index in [4.69, 9.17) is 15.8 Å². The van der Waals surface area contributed by atoms with Crippen LogP contribution in [0, 0.1) is 5.41 Å². The Balaban J connectivity index is 1.96. The Morgan fingerprint density at radius 2 is 1.81 bits per heavy atom. The van der Waals surface area contributed by atoms with Gasteiger partial charge in [0.1, 0.15) is 0 Å². The van der Waals surface area contributed by atoms with Crippen molar-refractivity contribution in [2.75, 3.05) is 19.8 Å². The van der Waals surface area contributed by atoms with E-state index in [9.17, 15) is 13.5 Å². The molecule has 0 bridgehead atoms. The Morgan fingerprint density at radius 3 is 2.46 bits per heavy atom. The van der Waals surface area contributed by atoms with Crippen LogP contribution in [0.4, 0.5) is 0 Å². The summed E-state index contributed by atoms with van der Waals surface area (Å²) in [5.41, 5.74) is 1.49. The van der Waals surface area contributed by atoms with E-state index in [1.807, 2.05) is 25.1 Å². The monoisotopic (exact) mass is 393 g/mol. The molecule has 0 saturated carbocycles. The predicted molar refractivity (Wildman–Crippen MR) is 101 cm³/mol. The lowest BCUT2D eigenvalue weighted by Gasteiger charge is -2.24. The van der Waals surface area contributed by atoms with Gasteiger partial charge in [-0.15, -0.1) is 0 Å². The second-order valence-electron chi connectivity index (χ2n) is 6.44. The normalized spacial score (nSPS) is 20.3. The first-order valence-electron chi connectivity index (χ1n) is 8.15. The molecule has 1 atom stereocenters. The SMILES string of the molecule is CC1(CO)CNC(c2ccccc2Cl)=C1COS(=O)(=O)c1ccccc1. The van der Waals surface area contributed by atoms with E-state index in [0.717, 1.165) is 5.56 Å². The molecule has 0 fully saturated rings. The first kappa shape index (κ1) is 18.9. The molecule has 3 rings (SSSR count). The molecule has 1 heterocycles. The molecule has 2 aromatic rings. The Hall–Kier alpha value is -1.86. The Labute approximate surface area is 158 Å². The zero-order valence-electron chi connectivity index (χ0n) is 14.3. The molecule has 2 N–H and O–H groups in total. The van der Waals surface area contributed by atoms with E-state index in [0.29, 0.717) is 22.8 Å². The van der Waals surface area contributed by atoms with Crippen molar-refractivity contribution in [3.8, 4) is 0 Å². The first-order chi connectivity index (χ1) is 12.4. The Bertz CT molecular complexity index is 928. The van der Waals surface area contributed by atoms with Gasteiger partial charge in [0.05, 0.1) is 18.1 Å². The highest BCUT2D eigenvalue weighted by Crippen LogP contribution is 2.39. The molecule has 5 nitrogen and oxygen atoms in total. The number of rotatable bonds is 6. The van der Waals surface area contributed by atoms with Crippen LogP contribution in [0.1, 0.15) is 12.5 Å². The third kappa shape index (κ3) is 3.64. The summed E-state index contributed by atoms with van der Waals surface area (Å²) in [6, 6.07) is 15.3. The van der Waals surface area contributed by atoms with Crippen LogP contribution in [-0.4, -0.2) is 33.3 Å². The molecular formula is C19H20ClNO4S. The lowest BCUT2D eigenvalue weighted by molar-refractivity contribution is 0.172. The molecule has 7 heteroatoms. The van der Waals surface area contributed by atoms with E-state index < -0.39 is 15.5 Å². The summed E-state index contributed by atoms with van der Waals surface area (Å²) in [5.74, 6) is 0. The second-order valence-corrected chi connectivity index (χ2v) is 8.46. The summed E-state index contributed by atoms with van der Waals surface area (Å²) in [6.07, 6.45) is 0. The summed E-state index contributed by atoms with van der Waals surface area (Å²) in [5, 5.41) is 13.6. The van der Waals surface area contributed by atoms with Gasteiger partial charge in [-0.3, -0.25) is 4.18 Å². The number of halogens is 1. The van der Waals surface area contributed by atoms with Gasteiger partial charge in [-0.05, 0) is 23.8 Å². The van der Waals surface area contributed by atoms with E-state index in [1.54, 1.807) is 24.3 Å². The van der Waals surface area contributed by atoms with E-state index in [2.05, 4.69) is 5.32 Å². The van der Waals surface area contributed by atoms with Crippen molar-refractivity contribution in [3.05, 3.63) is 70.8 Å². The summed E-state index contributed by atoms with van der Waals surface area (Å²) >= 11 is 6.30. The third-order valence-electron chi connectivity index (χ3n) is 4.57. The zero-order valence-corrected chi connectivity index (χ0v) is 15.8. The van der Waals surface area contributed by atoms with Gasteiger partial charge in [-0.2, -0.15) is 8.42 Å². The van der Waals surface area contributed by atoms with E-state index in [-0.39, 0.29) is 18.1 Å². The molecule has 0 amide bonds. The standard InChI is InChI=1S/C19H20ClNO4S/c1-19(13-22)12-21-18(15-9-5-6-10-17(15)20)16(19)11-25-26(23,24)14-7-3-2-4-8-14/h2-10,21-22H,11-13H2,1H3. The average Bonchev–Trinajstić information content (AvgIpc) is 2.98. The highest BCUT2D eigenvalue weighted by atomic mass is 35.5. The Morgan fingerprint density at radius 1 is 1.15 bits per heavy atom. The molecule has 0 spiro atoms. The number of aliphatic hydroxyl groups is 1. The topological polar surface area (TPSA) is 75.6 Å². The fourth-order valence-electron chi connectivity index (χ4n) is 2.91. The zero-order chi connectivity index (χ0) is 18.8. The molecule has 0 saturated heterocycles. The van der Waals surface area contributed by atoms with Crippen LogP contribution in [0.3, 0.4) is 0 Å². The minimum atomic E-state index is -3.90. The van der Waals surface area contributed by atoms with E-state index in [1.165, 1.54) is 12.1 Å². The van der Waals surface area contributed by atoms with Crippen molar-refractivity contribution in [2.45, 2.75) is 11.8 Å².